The Morgan fingerprint density at radius 3 is 2.70 bits per heavy atom. The van der Waals surface area contributed by atoms with Gasteiger partial charge < -0.3 is 14.5 Å². The third kappa shape index (κ3) is 3.77. The smallest absolute Gasteiger partial charge is 0.186 e. The lowest BCUT2D eigenvalue weighted by Crippen LogP contribution is -2.37. The fraction of sp³-hybridized carbons (Fsp3) is 0.714. The number of hydrogen-bond acceptors (Lipinski definition) is 6. The molecule has 1 aromatic rings. The van der Waals surface area contributed by atoms with Gasteiger partial charge in [0.2, 0.25) is 0 Å². The molecule has 1 fully saturated rings. The summed E-state index contributed by atoms with van der Waals surface area (Å²) in [5.41, 5.74) is 0.762. The van der Waals surface area contributed by atoms with E-state index in [4.69, 9.17) is 4.74 Å². The predicted octanol–water partition coefficient (Wildman–Crippen LogP) is 1.88. The second-order valence-corrected chi connectivity index (χ2v) is 6.56. The second-order valence-electron chi connectivity index (χ2n) is 5.55. The lowest BCUT2D eigenvalue weighted by molar-refractivity contribution is 0.112. The van der Waals surface area contributed by atoms with Crippen LogP contribution in [0.1, 0.15) is 28.2 Å². The number of aromatic nitrogens is 1. The van der Waals surface area contributed by atoms with Crippen LogP contribution in [-0.2, 0) is 11.3 Å². The van der Waals surface area contributed by atoms with Crippen molar-refractivity contribution < 1.29 is 9.53 Å². The summed E-state index contributed by atoms with van der Waals surface area (Å²) in [5.74, 6) is 0.769. The van der Waals surface area contributed by atoms with E-state index in [1.807, 2.05) is 0 Å². The van der Waals surface area contributed by atoms with Gasteiger partial charge in [-0.15, -0.1) is 0 Å². The monoisotopic (exact) mass is 297 g/mol. The predicted molar refractivity (Wildman–Crippen MR) is 81.7 cm³/mol. The molecule has 2 heterocycles. The van der Waals surface area contributed by atoms with Gasteiger partial charge in [-0.2, -0.15) is 0 Å². The molecule has 0 amide bonds. The Hall–Kier alpha value is -0.980. The number of rotatable bonds is 6. The maximum atomic E-state index is 11.1. The molecular formula is C14H23N3O2S. The van der Waals surface area contributed by atoms with Gasteiger partial charge in [-0.05, 0) is 32.9 Å². The van der Waals surface area contributed by atoms with Crippen LogP contribution in [0, 0.1) is 5.92 Å². The molecule has 5 nitrogen and oxygen atoms in total. The van der Waals surface area contributed by atoms with Crippen LogP contribution in [0.15, 0.2) is 0 Å². The fourth-order valence-corrected chi connectivity index (χ4v) is 3.58. The van der Waals surface area contributed by atoms with Gasteiger partial charge in [0.1, 0.15) is 0 Å². The van der Waals surface area contributed by atoms with E-state index in [1.165, 1.54) is 24.2 Å². The first-order chi connectivity index (χ1) is 9.63. The molecule has 0 bridgehead atoms. The minimum Gasteiger partial charge on any atom is -0.378 e. The highest BCUT2D eigenvalue weighted by Gasteiger charge is 2.23. The van der Waals surface area contributed by atoms with Crippen molar-refractivity contribution in [3.63, 3.8) is 0 Å². The van der Waals surface area contributed by atoms with Gasteiger partial charge in [0.05, 0.1) is 17.2 Å². The van der Waals surface area contributed by atoms with Gasteiger partial charge in [0, 0.05) is 26.7 Å². The number of piperidine rings is 1. The number of carbonyl (C=O) groups excluding carboxylic acids is 1. The molecule has 0 saturated carbocycles. The van der Waals surface area contributed by atoms with Crippen molar-refractivity contribution in [2.24, 2.45) is 5.92 Å². The van der Waals surface area contributed by atoms with Gasteiger partial charge in [0.15, 0.2) is 11.4 Å². The van der Waals surface area contributed by atoms with Gasteiger partial charge in [0.25, 0.3) is 0 Å². The molecule has 112 valence electrons. The van der Waals surface area contributed by atoms with Crippen molar-refractivity contribution in [2.45, 2.75) is 19.4 Å². The van der Waals surface area contributed by atoms with E-state index in [2.05, 4.69) is 28.9 Å². The summed E-state index contributed by atoms with van der Waals surface area (Å²) in [6.45, 7) is 3.61. The molecule has 0 atom stereocenters. The minimum atomic E-state index is 0.404. The van der Waals surface area contributed by atoms with Crippen LogP contribution in [0.5, 0.6) is 0 Å². The molecule has 0 aliphatic carbocycles. The molecule has 0 N–H and O–H groups in total. The fourth-order valence-electron chi connectivity index (χ4n) is 2.64. The van der Waals surface area contributed by atoms with Crippen LogP contribution in [0.4, 0.5) is 5.13 Å². The molecule has 1 aliphatic heterocycles. The van der Waals surface area contributed by atoms with Gasteiger partial charge in [-0.3, -0.25) is 4.79 Å². The molecule has 20 heavy (non-hydrogen) atoms. The average Bonchev–Trinajstić information content (AvgIpc) is 2.82. The van der Waals surface area contributed by atoms with E-state index in [-0.39, 0.29) is 0 Å². The summed E-state index contributed by atoms with van der Waals surface area (Å²) in [7, 11) is 5.88. The summed E-state index contributed by atoms with van der Waals surface area (Å²) < 4.78 is 5.09. The number of nitrogens with zero attached hydrogens (tertiary/aromatic N) is 3. The quantitative estimate of drug-likeness (QED) is 0.750. The van der Waals surface area contributed by atoms with Crippen LogP contribution in [0.25, 0.3) is 0 Å². The average molecular weight is 297 g/mol. The van der Waals surface area contributed by atoms with Gasteiger partial charge in [-0.1, -0.05) is 11.3 Å². The number of methoxy groups -OCH3 is 1. The van der Waals surface area contributed by atoms with Crippen molar-refractivity contribution >= 4 is 22.8 Å². The first-order valence-corrected chi connectivity index (χ1v) is 7.79. The normalized spacial score (nSPS) is 16.9. The molecule has 2 rings (SSSR count). The summed E-state index contributed by atoms with van der Waals surface area (Å²) >= 11 is 1.48. The van der Waals surface area contributed by atoms with Crippen LogP contribution >= 0.6 is 11.3 Å². The van der Waals surface area contributed by atoms with Crippen molar-refractivity contribution in [1.29, 1.82) is 0 Å². The van der Waals surface area contributed by atoms with Crippen LogP contribution in [0.3, 0.4) is 0 Å². The van der Waals surface area contributed by atoms with E-state index in [9.17, 15) is 4.79 Å². The number of anilines is 1. The van der Waals surface area contributed by atoms with E-state index in [0.717, 1.165) is 42.7 Å². The zero-order valence-corrected chi connectivity index (χ0v) is 13.3. The van der Waals surface area contributed by atoms with E-state index >= 15 is 0 Å². The molecule has 1 aliphatic rings. The lowest BCUT2D eigenvalue weighted by atomic mass is 9.97. The van der Waals surface area contributed by atoms with Gasteiger partial charge >= 0.3 is 0 Å². The number of thiazole rings is 1. The van der Waals surface area contributed by atoms with Crippen molar-refractivity contribution in [1.82, 2.24) is 9.88 Å². The standard InChI is InChI=1S/C14H23N3O2S/c1-16(2)8-11-4-6-17(7-5-11)14-15-12(10-19-3)13(9-18)20-14/h9,11H,4-8,10H2,1-3H3. The van der Waals surface area contributed by atoms with Crippen LogP contribution in [0.2, 0.25) is 0 Å². The summed E-state index contributed by atoms with van der Waals surface area (Å²) in [5, 5.41) is 0.961. The zero-order valence-electron chi connectivity index (χ0n) is 12.5. The van der Waals surface area contributed by atoms with E-state index < -0.39 is 0 Å². The third-order valence-corrected chi connectivity index (χ3v) is 4.70. The molecule has 0 spiro atoms. The Bertz CT molecular complexity index is 440. The van der Waals surface area contributed by atoms with Crippen molar-refractivity contribution in [2.75, 3.05) is 45.7 Å². The first kappa shape index (κ1) is 15.4. The molecule has 1 aromatic heterocycles. The van der Waals surface area contributed by atoms with Crippen LogP contribution in [-0.4, -0.2) is 57.0 Å². The van der Waals surface area contributed by atoms with Crippen molar-refractivity contribution in [3.8, 4) is 0 Å². The van der Waals surface area contributed by atoms with E-state index in [1.54, 1.807) is 7.11 Å². The molecule has 6 heteroatoms. The molecule has 0 aromatic carbocycles. The summed E-state index contributed by atoms with van der Waals surface area (Å²) in [6, 6.07) is 0. The highest BCUT2D eigenvalue weighted by molar-refractivity contribution is 7.17. The second kappa shape index (κ2) is 7.15. The zero-order chi connectivity index (χ0) is 14.5. The lowest BCUT2D eigenvalue weighted by Gasteiger charge is -2.32. The van der Waals surface area contributed by atoms with Gasteiger partial charge in [-0.25, -0.2) is 4.98 Å². The Morgan fingerprint density at radius 2 is 2.15 bits per heavy atom. The Kier molecular flexibility index (Phi) is 5.51. The largest absolute Gasteiger partial charge is 0.378 e. The highest BCUT2D eigenvalue weighted by Crippen LogP contribution is 2.29. The van der Waals surface area contributed by atoms with Crippen LogP contribution < -0.4 is 4.90 Å². The number of aldehydes is 1. The number of ether oxygens (including phenoxy) is 1. The maximum Gasteiger partial charge on any atom is 0.186 e. The summed E-state index contributed by atoms with van der Waals surface area (Å²) in [4.78, 5) is 20.9. The topological polar surface area (TPSA) is 45.7 Å². The summed E-state index contributed by atoms with van der Waals surface area (Å²) in [6.07, 6.45) is 3.26. The Labute approximate surface area is 124 Å². The third-order valence-electron chi connectivity index (χ3n) is 3.61. The Morgan fingerprint density at radius 1 is 1.45 bits per heavy atom. The Balaban J connectivity index is 1.98. The first-order valence-electron chi connectivity index (χ1n) is 6.97. The molecule has 0 radical (unpaired) electrons. The SMILES string of the molecule is COCc1nc(N2CCC(CN(C)C)CC2)sc1C=O. The maximum absolute atomic E-state index is 11.1. The molecule has 0 unspecified atom stereocenters. The number of hydrogen-bond donors (Lipinski definition) is 0. The molecular weight excluding hydrogens is 274 g/mol. The number of carbonyl (C=O) groups is 1. The molecule has 1 saturated heterocycles. The minimum absolute atomic E-state index is 0.404. The van der Waals surface area contributed by atoms with Crippen molar-refractivity contribution in [3.05, 3.63) is 10.6 Å². The van der Waals surface area contributed by atoms with E-state index in [0.29, 0.717) is 11.5 Å². The highest BCUT2D eigenvalue weighted by atomic mass is 32.1.